The highest BCUT2D eigenvalue weighted by molar-refractivity contribution is 6.19. The topological polar surface area (TPSA) is 88.1 Å². The quantitative estimate of drug-likeness (QED) is 0.242. The Morgan fingerprint density at radius 2 is 1.81 bits per heavy atom. The third-order valence-electron chi connectivity index (χ3n) is 10.3. The summed E-state index contributed by atoms with van der Waals surface area (Å²) in [7, 11) is 0. The van der Waals surface area contributed by atoms with Crippen LogP contribution in [0.25, 0.3) is 0 Å². The van der Waals surface area contributed by atoms with Crippen LogP contribution in [0.4, 0.5) is 0 Å². The van der Waals surface area contributed by atoms with Crippen molar-refractivity contribution in [2.24, 2.45) is 11.8 Å². The third kappa shape index (κ3) is 3.23. The van der Waals surface area contributed by atoms with Crippen molar-refractivity contribution in [1.29, 1.82) is 0 Å². The van der Waals surface area contributed by atoms with Gasteiger partial charge in [0.2, 0.25) is 0 Å². The van der Waals surface area contributed by atoms with Crippen LogP contribution >= 0.6 is 0 Å². The minimum atomic E-state index is -1.36. The molecule has 0 aromatic heterocycles. The van der Waals surface area contributed by atoms with Gasteiger partial charge in [0.05, 0.1) is 11.2 Å². The van der Waals surface area contributed by atoms with E-state index < -0.39 is 34.1 Å². The molecule has 7 heteroatoms. The van der Waals surface area contributed by atoms with E-state index in [1.165, 1.54) is 0 Å². The summed E-state index contributed by atoms with van der Waals surface area (Å²) in [5.74, 6) is -0.732. The number of esters is 1. The fourth-order valence-electron chi connectivity index (χ4n) is 7.96. The summed E-state index contributed by atoms with van der Waals surface area (Å²) in [5, 5.41) is 0. The summed E-state index contributed by atoms with van der Waals surface area (Å²) >= 11 is 0. The van der Waals surface area contributed by atoms with E-state index in [1.54, 1.807) is 36.4 Å². The van der Waals surface area contributed by atoms with Gasteiger partial charge >= 0.3 is 5.97 Å². The maximum absolute atomic E-state index is 14.8. The Labute approximate surface area is 245 Å². The van der Waals surface area contributed by atoms with E-state index in [1.807, 2.05) is 60.6 Å². The molecule has 3 heterocycles. The van der Waals surface area contributed by atoms with Crippen molar-refractivity contribution < 1.29 is 33.3 Å². The van der Waals surface area contributed by atoms with E-state index in [-0.39, 0.29) is 34.9 Å². The number of ketones is 2. The van der Waals surface area contributed by atoms with E-state index in [2.05, 4.69) is 0 Å². The zero-order chi connectivity index (χ0) is 30.0. The highest BCUT2D eigenvalue weighted by Gasteiger charge is 2.81. The zero-order valence-corrected chi connectivity index (χ0v) is 25.1. The average molecular weight is 569 g/mol. The van der Waals surface area contributed by atoms with Gasteiger partial charge in [-0.3, -0.25) is 9.59 Å². The monoisotopic (exact) mass is 568 g/mol. The van der Waals surface area contributed by atoms with Crippen molar-refractivity contribution in [3.63, 3.8) is 0 Å². The van der Waals surface area contributed by atoms with Gasteiger partial charge in [-0.05, 0) is 53.2 Å². The van der Waals surface area contributed by atoms with Crippen LogP contribution in [0, 0.1) is 11.8 Å². The number of rotatable bonds is 4. The van der Waals surface area contributed by atoms with Gasteiger partial charge in [0.25, 0.3) is 0 Å². The molecule has 3 unspecified atom stereocenters. The van der Waals surface area contributed by atoms with Gasteiger partial charge in [0, 0.05) is 40.9 Å². The van der Waals surface area contributed by atoms with Crippen molar-refractivity contribution in [3.05, 3.63) is 76.4 Å². The lowest BCUT2D eigenvalue weighted by atomic mass is 9.51. The number of hydrogen-bond donors (Lipinski definition) is 0. The van der Waals surface area contributed by atoms with Crippen LogP contribution in [-0.2, 0) is 14.9 Å². The van der Waals surface area contributed by atoms with Gasteiger partial charge in [0.1, 0.15) is 28.9 Å². The highest BCUT2D eigenvalue weighted by Crippen LogP contribution is 2.69. The Morgan fingerprint density at radius 3 is 2.50 bits per heavy atom. The summed E-state index contributed by atoms with van der Waals surface area (Å²) < 4.78 is 26.3. The summed E-state index contributed by atoms with van der Waals surface area (Å²) in [6.07, 6.45) is 4.39. The minimum Gasteiger partial charge on any atom is -0.489 e. The molecule has 5 atom stereocenters. The maximum Gasteiger partial charge on any atom is 0.343 e. The summed E-state index contributed by atoms with van der Waals surface area (Å²) in [4.78, 5) is 42.3. The van der Waals surface area contributed by atoms with Crippen LogP contribution in [0.1, 0.15) is 87.6 Å². The number of Topliss-reactive ketones (excluding diaryl/α,β-unsaturated/α-hetero) is 2. The van der Waals surface area contributed by atoms with Gasteiger partial charge in [-0.2, -0.15) is 0 Å². The molecule has 0 amide bonds. The fraction of sp³-hybridized carbons (Fsp3) is 0.457. The Balaban J connectivity index is 1.49. The molecule has 7 nitrogen and oxygen atoms in total. The first-order chi connectivity index (χ1) is 19.7. The number of carbonyl (C=O) groups excluding carboxylic acids is 3. The average Bonchev–Trinajstić information content (AvgIpc) is 3.25. The Kier molecular flexibility index (Phi) is 5.45. The molecule has 218 valence electrons. The summed E-state index contributed by atoms with van der Waals surface area (Å²) in [6.45, 7) is 14.0. The molecule has 0 radical (unpaired) electrons. The van der Waals surface area contributed by atoms with Crippen LogP contribution in [-0.4, -0.2) is 40.4 Å². The molecule has 4 bridgehead atoms. The predicted molar refractivity (Wildman–Crippen MR) is 155 cm³/mol. The van der Waals surface area contributed by atoms with Crippen molar-refractivity contribution in [3.8, 4) is 17.2 Å². The Bertz CT molecular complexity index is 1640. The van der Waals surface area contributed by atoms with Crippen molar-refractivity contribution in [2.45, 2.75) is 89.6 Å². The second-order valence-electron chi connectivity index (χ2n) is 13.7. The minimum absolute atomic E-state index is 0.0472. The lowest BCUT2D eigenvalue weighted by molar-refractivity contribution is -0.171. The first-order valence-electron chi connectivity index (χ1n) is 14.7. The van der Waals surface area contributed by atoms with Crippen LogP contribution < -0.4 is 14.2 Å². The molecule has 6 aliphatic rings. The molecule has 0 N–H and O–H groups in total. The SMILES string of the molecule is CC(C)=CC[C@]12OC(C)(C)C3CC(C=C4C(=O)c5c(OC(=O)c6ccccc6)cc6c(c5OC431)C(C)(C)[C@@H](C)O6)C2=O. The lowest BCUT2D eigenvalue weighted by Crippen LogP contribution is -2.72. The largest absolute Gasteiger partial charge is 0.489 e. The Hall–Kier alpha value is -3.71. The molecule has 3 aliphatic heterocycles. The molecule has 8 rings (SSSR count). The molecular formula is C35H36O7. The molecule has 42 heavy (non-hydrogen) atoms. The lowest BCUT2D eigenvalue weighted by Gasteiger charge is -2.56. The molecule has 2 aromatic rings. The maximum atomic E-state index is 14.8. The smallest absolute Gasteiger partial charge is 0.343 e. The molecule has 1 saturated carbocycles. The number of allylic oxidation sites excluding steroid dienone is 2. The predicted octanol–water partition coefficient (Wildman–Crippen LogP) is 6.33. The Morgan fingerprint density at radius 1 is 1.10 bits per heavy atom. The normalized spacial score (nSPS) is 32.2. The second kappa shape index (κ2) is 8.44. The van der Waals surface area contributed by atoms with E-state index in [9.17, 15) is 14.4 Å². The number of hydrogen-bond acceptors (Lipinski definition) is 7. The molecular weight excluding hydrogens is 532 g/mol. The van der Waals surface area contributed by atoms with Gasteiger partial charge in [-0.25, -0.2) is 4.79 Å². The summed E-state index contributed by atoms with van der Waals surface area (Å²) in [6, 6.07) is 10.3. The fourth-order valence-corrected chi connectivity index (χ4v) is 7.96. The van der Waals surface area contributed by atoms with Gasteiger partial charge < -0.3 is 18.9 Å². The van der Waals surface area contributed by atoms with Gasteiger partial charge in [-0.15, -0.1) is 0 Å². The molecule has 1 spiro atoms. The van der Waals surface area contributed by atoms with Gasteiger partial charge in [0.15, 0.2) is 22.8 Å². The zero-order valence-electron chi connectivity index (χ0n) is 25.1. The second-order valence-corrected chi connectivity index (χ2v) is 13.7. The van der Waals surface area contributed by atoms with Crippen LogP contribution in [0.3, 0.4) is 0 Å². The van der Waals surface area contributed by atoms with Crippen LogP contribution in [0.15, 0.2) is 59.7 Å². The third-order valence-corrected chi connectivity index (χ3v) is 10.3. The number of fused-ring (bicyclic) bond motifs is 3. The first-order valence-corrected chi connectivity index (χ1v) is 14.7. The number of carbonyl (C=O) groups is 3. The molecule has 3 aliphatic carbocycles. The first kappa shape index (κ1) is 27.1. The molecule has 2 aromatic carbocycles. The van der Waals surface area contributed by atoms with E-state index in [0.29, 0.717) is 35.5 Å². The van der Waals surface area contributed by atoms with Crippen LogP contribution in [0.5, 0.6) is 17.2 Å². The van der Waals surface area contributed by atoms with Crippen molar-refractivity contribution >= 4 is 17.5 Å². The highest BCUT2D eigenvalue weighted by atomic mass is 16.6. The van der Waals surface area contributed by atoms with E-state index in [4.69, 9.17) is 18.9 Å². The standard InChI is InChI=1S/C35H36O7/c1-18(2)13-14-34-30(37)21-15-22-28(36)26-23(40-31(38)20-11-9-8-10-12-20)17-24-27(32(4,5)19(3)39-24)29(26)41-35(22,34)25(16-21)33(6,7)42-34/h8-13,15,17,19,21,25H,14,16H2,1-7H3/t19-,21?,25?,34-,35?/m1/s1. The van der Waals surface area contributed by atoms with Crippen molar-refractivity contribution in [2.75, 3.05) is 0 Å². The number of ether oxygens (including phenoxy) is 4. The van der Waals surface area contributed by atoms with E-state index >= 15 is 0 Å². The van der Waals surface area contributed by atoms with Crippen LogP contribution in [0.2, 0.25) is 0 Å². The van der Waals surface area contributed by atoms with E-state index in [0.717, 1.165) is 11.1 Å². The molecule has 1 saturated heterocycles. The van der Waals surface area contributed by atoms with Gasteiger partial charge in [-0.1, -0.05) is 49.8 Å². The molecule has 2 fully saturated rings. The van der Waals surface area contributed by atoms with Crippen molar-refractivity contribution in [1.82, 2.24) is 0 Å². The summed E-state index contributed by atoms with van der Waals surface area (Å²) in [5.41, 5.74) is -1.19. The number of benzene rings is 2.